The molecule has 0 spiro atoms. The molecule has 0 fully saturated rings. The van der Waals surface area contributed by atoms with Crippen molar-refractivity contribution in [3.63, 3.8) is 0 Å². The number of fused-ring (bicyclic) bond motifs is 6. The van der Waals surface area contributed by atoms with E-state index in [0.29, 0.717) is 5.69 Å². The molecule has 0 saturated carbocycles. The van der Waals surface area contributed by atoms with Crippen molar-refractivity contribution in [2.24, 2.45) is 0 Å². The molecule has 2 heteroatoms. The van der Waals surface area contributed by atoms with E-state index in [1.165, 1.54) is 0 Å². The summed E-state index contributed by atoms with van der Waals surface area (Å²) in [4.78, 5) is 0. The zero-order valence-corrected chi connectivity index (χ0v) is 20.1. The Labute approximate surface area is 231 Å². The molecule has 8 rings (SSSR count). The lowest BCUT2D eigenvalue weighted by Crippen LogP contribution is -2.00. The minimum Gasteiger partial charge on any atom is -0.307 e. The summed E-state index contributed by atoms with van der Waals surface area (Å²) in [7, 11) is 0. The van der Waals surface area contributed by atoms with E-state index >= 15 is 0 Å². The fourth-order valence-electron chi connectivity index (χ4n) is 5.54. The van der Waals surface area contributed by atoms with Gasteiger partial charge in [-0.1, -0.05) is 109 Å². The Hall–Kier alpha value is -5.08. The van der Waals surface area contributed by atoms with Crippen LogP contribution >= 0.6 is 0 Å². The zero-order chi connectivity index (χ0) is 32.0. The number of para-hydroxylation sites is 4. The first-order valence-corrected chi connectivity index (χ1v) is 12.4. The van der Waals surface area contributed by atoms with Crippen LogP contribution in [-0.2, 0) is 0 Å². The van der Waals surface area contributed by atoms with Crippen molar-refractivity contribution in [2.75, 3.05) is 0 Å². The first-order valence-electron chi connectivity index (χ1n) is 16.4. The predicted octanol–water partition coefficient (Wildman–Crippen LogP) is 9.55. The van der Waals surface area contributed by atoms with Crippen LogP contribution < -0.4 is 0 Å². The van der Waals surface area contributed by atoms with Crippen LogP contribution in [0.2, 0.25) is 0 Å². The van der Waals surface area contributed by atoms with E-state index in [4.69, 9.17) is 11.0 Å². The normalized spacial score (nSPS) is 14.6. The van der Waals surface area contributed by atoms with Gasteiger partial charge in [0.1, 0.15) is 0 Å². The molecule has 0 atom stereocenters. The van der Waals surface area contributed by atoms with Crippen LogP contribution in [0.15, 0.2) is 145 Å². The number of nitrogens with zero attached hydrogens (tertiary/aromatic N) is 2. The van der Waals surface area contributed by atoms with E-state index in [0.717, 1.165) is 38.6 Å². The first-order chi connectivity index (χ1) is 22.2. The standard InChI is InChI=1S/C36H24N2/c1-2-11-25(12-3-1)26-21-23-27(24-22-26)37-32-17-7-6-15-30(32)31-16-10-20-35(36(31)37)38-33-18-8-4-13-28(33)29-14-5-9-19-34(29)38/h1-24H/i4D,5D,8D,9D,13D,14D,18D,19D. The molecular formula is C36H24N2. The van der Waals surface area contributed by atoms with Gasteiger partial charge in [0.2, 0.25) is 0 Å². The number of hydrogen-bond donors (Lipinski definition) is 0. The summed E-state index contributed by atoms with van der Waals surface area (Å²) in [6, 6.07) is 28.8. The Kier molecular flexibility index (Phi) is 3.16. The molecule has 2 nitrogen and oxygen atoms in total. The van der Waals surface area contributed by atoms with Crippen molar-refractivity contribution >= 4 is 43.6 Å². The molecule has 2 aromatic heterocycles. The van der Waals surface area contributed by atoms with Crippen LogP contribution in [0.5, 0.6) is 0 Å². The van der Waals surface area contributed by atoms with Gasteiger partial charge in [0.15, 0.2) is 0 Å². The number of benzene rings is 6. The fourth-order valence-corrected chi connectivity index (χ4v) is 5.54. The van der Waals surface area contributed by atoms with Crippen LogP contribution in [0.1, 0.15) is 11.0 Å². The van der Waals surface area contributed by atoms with Crippen molar-refractivity contribution in [3.8, 4) is 22.5 Å². The van der Waals surface area contributed by atoms with Crippen molar-refractivity contribution in [3.05, 3.63) is 145 Å². The molecule has 2 heterocycles. The van der Waals surface area contributed by atoms with Gasteiger partial charge in [0, 0.05) is 27.2 Å². The fraction of sp³-hybridized carbons (Fsp3) is 0. The van der Waals surface area contributed by atoms with E-state index in [1.54, 1.807) is 4.57 Å². The summed E-state index contributed by atoms with van der Waals surface area (Å²) in [6.07, 6.45) is 0. The molecule has 38 heavy (non-hydrogen) atoms. The number of hydrogen-bond acceptors (Lipinski definition) is 0. The van der Waals surface area contributed by atoms with Crippen molar-refractivity contribution in [2.45, 2.75) is 0 Å². The summed E-state index contributed by atoms with van der Waals surface area (Å²) in [5.74, 6) is 0. The largest absolute Gasteiger partial charge is 0.307 e. The maximum absolute atomic E-state index is 9.00. The first kappa shape index (κ1) is 14.6. The maximum Gasteiger partial charge on any atom is 0.0782 e. The van der Waals surface area contributed by atoms with E-state index in [2.05, 4.69) is 28.8 Å². The van der Waals surface area contributed by atoms with Gasteiger partial charge in [-0.2, -0.15) is 0 Å². The molecule has 0 unspecified atom stereocenters. The Morgan fingerprint density at radius 2 is 1.03 bits per heavy atom. The molecular weight excluding hydrogens is 460 g/mol. The highest BCUT2D eigenvalue weighted by Gasteiger charge is 2.19. The van der Waals surface area contributed by atoms with Gasteiger partial charge in [-0.15, -0.1) is 0 Å². The quantitative estimate of drug-likeness (QED) is 0.232. The van der Waals surface area contributed by atoms with Crippen LogP contribution in [0, 0.1) is 0 Å². The summed E-state index contributed by atoms with van der Waals surface area (Å²) >= 11 is 0. The Balaban J connectivity index is 1.56. The van der Waals surface area contributed by atoms with Crippen molar-refractivity contribution in [1.82, 2.24) is 9.13 Å². The van der Waals surface area contributed by atoms with Crippen LogP contribution in [0.25, 0.3) is 66.1 Å². The molecule has 0 radical (unpaired) electrons. The van der Waals surface area contributed by atoms with Crippen molar-refractivity contribution < 1.29 is 11.0 Å². The minimum absolute atomic E-state index is 0.0554. The van der Waals surface area contributed by atoms with Gasteiger partial charge in [-0.25, -0.2) is 0 Å². The average molecular weight is 493 g/mol. The van der Waals surface area contributed by atoms with Crippen LogP contribution in [0.3, 0.4) is 0 Å². The molecule has 6 aromatic carbocycles. The van der Waals surface area contributed by atoms with Gasteiger partial charge < -0.3 is 9.13 Å². The SMILES string of the molecule is [2H]c1c([2H])c([2H])c2c(c1[2H])c1c([2H])c([2H])c([2H])c([2H])c1n2-c1cccc2c3ccccc3n(-c3ccc(-c4ccccc4)cc3)c12. The number of aromatic nitrogens is 2. The third-order valence-corrected chi connectivity index (χ3v) is 7.18. The van der Waals surface area contributed by atoms with Crippen molar-refractivity contribution in [1.29, 1.82) is 0 Å². The summed E-state index contributed by atoms with van der Waals surface area (Å²) in [6.45, 7) is 0. The second kappa shape index (κ2) is 8.22. The lowest BCUT2D eigenvalue weighted by molar-refractivity contribution is 1.13. The summed E-state index contributed by atoms with van der Waals surface area (Å²) in [5, 5.41) is 1.97. The van der Waals surface area contributed by atoms with Crippen LogP contribution in [-0.4, -0.2) is 9.13 Å². The Morgan fingerprint density at radius 1 is 0.421 bits per heavy atom. The Morgan fingerprint density at radius 3 is 1.76 bits per heavy atom. The molecule has 0 aliphatic rings. The topological polar surface area (TPSA) is 9.86 Å². The highest BCUT2D eigenvalue weighted by Crippen LogP contribution is 2.39. The van der Waals surface area contributed by atoms with E-state index < -0.39 is 24.2 Å². The van der Waals surface area contributed by atoms with E-state index in [-0.39, 0.29) is 46.0 Å². The highest BCUT2D eigenvalue weighted by atomic mass is 15.1. The average Bonchev–Trinajstić information content (AvgIpc) is 3.63. The van der Waals surface area contributed by atoms with Crippen LogP contribution in [0.4, 0.5) is 0 Å². The lowest BCUT2D eigenvalue weighted by Gasteiger charge is -2.14. The predicted molar refractivity (Wildman–Crippen MR) is 161 cm³/mol. The second-order valence-electron chi connectivity index (χ2n) is 9.22. The van der Waals surface area contributed by atoms with E-state index in [1.807, 2.05) is 72.8 Å². The lowest BCUT2D eigenvalue weighted by atomic mass is 10.1. The van der Waals surface area contributed by atoms with Gasteiger partial charge in [0.25, 0.3) is 0 Å². The third-order valence-electron chi connectivity index (χ3n) is 7.18. The molecule has 0 aliphatic carbocycles. The summed E-state index contributed by atoms with van der Waals surface area (Å²) in [5.41, 5.74) is 5.37. The Bertz CT molecular complexity index is 2470. The molecule has 0 N–H and O–H groups in total. The summed E-state index contributed by atoms with van der Waals surface area (Å²) < 4.78 is 73.2. The maximum atomic E-state index is 9.00. The number of rotatable bonds is 3. The smallest absolute Gasteiger partial charge is 0.0782 e. The molecule has 178 valence electrons. The molecule has 8 aromatic rings. The highest BCUT2D eigenvalue weighted by molar-refractivity contribution is 6.15. The van der Waals surface area contributed by atoms with E-state index in [9.17, 15) is 0 Å². The molecule has 0 amide bonds. The molecule has 0 bridgehead atoms. The third kappa shape index (κ3) is 3.01. The minimum atomic E-state index is -0.463. The second-order valence-corrected chi connectivity index (χ2v) is 9.22. The molecule has 0 aliphatic heterocycles. The van der Waals surface area contributed by atoms with Gasteiger partial charge in [-0.05, 0) is 47.5 Å². The monoisotopic (exact) mass is 492 g/mol. The molecule has 0 saturated heterocycles. The zero-order valence-electron chi connectivity index (χ0n) is 28.1. The van der Waals surface area contributed by atoms with Gasteiger partial charge in [0.05, 0.1) is 38.7 Å². The van der Waals surface area contributed by atoms with Gasteiger partial charge in [-0.3, -0.25) is 0 Å². The van der Waals surface area contributed by atoms with Gasteiger partial charge >= 0.3 is 0 Å².